The number of nitrogens with zero attached hydrogens (tertiary/aromatic N) is 3. The van der Waals surface area contributed by atoms with Crippen LogP contribution in [0.2, 0.25) is 0 Å². The molecule has 0 saturated carbocycles. The van der Waals surface area contributed by atoms with Gasteiger partial charge >= 0.3 is 0 Å². The summed E-state index contributed by atoms with van der Waals surface area (Å²) in [6.07, 6.45) is 0.936. The maximum Gasteiger partial charge on any atom is 0.234 e. The number of hydrogen-bond donors (Lipinski definition) is 0. The first kappa shape index (κ1) is 16.6. The normalized spacial score (nSPS) is 19.0. The molecule has 1 aromatic heterocycles. The van der Waals surface area contributed by atoms with Gasteiger partial charge in [-0.25, -0.2) is 0 Å². The van der Waals surface area contributed by atoms with Gasteiger partial charge in [0.25, 0.3) is 0 Å². The molecule has 2 atom stereocenters. The summed E-state index contributed by atoms with van der Waals surface area (Å²) in [6.45, 7) is 8.75. The molecule has 0 aliphatic carbocycles. The molecule has 2 heterocycles. The minimum Gasteiger partial charge on any atom is -0.373 e. The number of anilines is 2. The monoisotopic (exact) mass is 327 g/mol. The van der Waals surface area contributed by atoms with E-state index in [1.54, 1.807) is 0 Å². The van der Waals surface area contributed by atoms with E-state index in [9.17, 15) is 4.79 Å². The van der Waals surface area contributed by atoms with Gasteiger partial charge in [-0.3, -0.25) is 4.79 Å². The van der Waals surface area contributed by atoms with Crippen molar-refractivity contribution in [2.45, 2.75) is 46.1 Å². The van der Waals surface area contributed by atoms with Crippen LogP contribution in [-0.2, 0) is 4.79 Å². The fraction of sp³-hybridized carbons (Fsp3) is 0.474. The van der Waals surface area contributed by atoms with Crippen LogP contribution in [0.3, 0.4) is 0 Å². The van der Waals surface area contributed by atoms with Gasteiger partial charge in [0.15, 0.2) is 0 Å². The van der Waals surface area contributed by atoms with E-state index in [2.05, 4.69) is 30.1 Å². The zero-order chi connectivity index (χ0) is 17.4. The first-order valence-corrected chi connectivity index (χ1v) is 8.47. The second kappa shape index (κ2) is 6.30. The lowest BCUT2D eigenvalue weighted by atomic mass is 9.96. The van der Waals surface area contributed by atoms with Crippen LogP contribution >= 0.6 is 0 Å². The highest BCUT2D eigenvalue weighted by molar-refractivity contribution is 6.01. The van der Waals surface area contributed by atoms with Crippen molar-refractivity contribution >= 4 is 17.3 Å². The average molecular weight is 327 g/mol. The fourth-order valence-electron chi connectivity index (χ4n) is 3.63. The van der Waals surface area contributed by atoms with Gasteiger partial charge in [-0.15, -0.1) is 0 Å². The quantitative estimate of drug-likeness (QED) is 0.845. The summed E-state index contributed by atoms with van der Waals surface area (Å²) in [5.41, 5.74) is 3.78. The van der Waals surface area contributed by atoms with Gasteiger partial charge in [-0.05, 0) is 46.2 Å². The molecule has 3 rings (SSSR count). The topological polar surface area (TPSA) is 49.6 Å². The Morgan fingerprint density at radius 3 is 2.58 bits per heavy atom. The van der Waals surface area contributed by atoms with Gasteiger partial charge in [0.2, 0.25) is 5.91 Å². The summed E-state index contributed by atoms with van der Waals surface area (Å²) in [7, 11) is 2.08. The van der Waals surface area contributed by atoms with Crippen LogP contribution in [0.4, 0.5) is 11.4 Å². The number of hydrogen-bond acceptors (Lipinski definition) is 4. The molecule has 0 spiro atoms. The summed E-state index contributed by atoms with van der Waals surface area (Å²) in [4.78, 5) is 17.5. The van der Waals surface area contributed by atoms with Gasteiger partial charge in [0.05, 0.1) is 23.0 Å². The van der Waals surface area contributed by atoms with Crippen LogP contribution in [0.25, 0.3) is 0 Å². The Labute approximate surface area is 143 Å². The number of carbonyl (C=O) groups excluding carboxylic acids is 1. The van der Waals surface area contributed by atoms with Crippen LogP contribution < -0.4 is 9.80 Å². The number of carbonyl (C=O) groups is 1. The summed E-state index contributed by atoms with van der Waals surface area (Å²) >= 11 is 0. The van der Waals surface area contributed by atoms with E-state index < -0.39 is 0 Å². The lowest BCUT2D eigenvalue weighted by Gasteiger charge is -2.31. The van der Waals surface area contributed by atoms with Crippen LogP contribution in [0.5, 0.6) is 0 Å². The number of fused-ring (bicyclic) bond motifs is 1. The Kier molecular flexibility index (Phi) is 4.35. The minimum atomic E-state index is -0.282. The SMILES string of the molecule is Cc1noc(C)c1[C@@H](C)C(=O)N1c2ccccc2N(C)CC[C@H]1C. The summed E-state index contributed by atoms with van der Waals surface area (Å²) in [5, 5.41) is 4.00. The average Bonchev–Trinajstić information content (AvgIpc) is 2.84. The highest BCUT2D eigenvalue weighted by Crippen LogP contribution is 2.36. The lowest BCUT2D eigenvalue weighted by molar-refractivity contribution is -0.120. The maximum absolute atomic E-state index is 13.4. The van der Waals surface area contributed by atoms with E-state index in [0.717, 1.165) is 41.4 Å². The second-order valence-corrected chi connectivity index (χ2v) is 6.72. The van der Waals surface area contributed by atoms with Crippen LogP contribution in [0, 0.1) is 13.8 Å². The molecule has 0 unspecified atom stereocenters. The molecule has 2 aromatic rings. The highest BCUT2D eigenvalue weighted by Gasteiger charge is 2.33. The molecule has 0 bridgehead atoms. The van der Waals surface area contributed by atoms with Crippen molar-refractivity contribution in [3.05, 3.63) is 41.3 Å². The van der Waals surface area contributed by atoms with Crippen molar-refractivity contribution in [1.82, 2.24) is 5.16 Å². The third kappa shape index (κ3) is 2.68. The van der Waals surface area contributed by atoms with Crippen molar-refractivity contribution in [3.63, 3.8) is 0 Å². The van der Waals surface area contributed by atoms with Crippen LogP contribution in [0.15, 0.2) is 28.8 Å². The smallest absolute Gasteiger partial charge is 0.234 e. The Bertz CT molecular complexity index is 733. The van der Waals surface area contributed by atoms with Gasteiger partial charge < -0.3 is 14.3 Å². The molecule has 0 fully saturated rings. The predicted octanol–water partition coefficient (Wildman–Crippen LogP) is 3.66. The molecule has 0 N–H and O–H groups in total. The zero-order valence-corrected chi connectivity index (χ0v) is 15.0. The summed E-state index contributed by atoms with van der Waals surface area (Å²) in [6, 6.07) is 8.27. The number of aryl methyl sites for hydroxylation is 2. The number of benzene rings is 1. The molecule has 1 amide bonds. The number of amides is 1. The standard InChI is InChI=1S/C19H25N3O2/c1-12-10-11-21(5)16-8-6-7-9-17(16)22(12)19(23)13(2)18-14(3)20-24-15(18)4/h6-9,12-13H,10-11H2,1-5H3/t12-,13-/m1/s1. The minimum absolute atomic E-state index is 0.0969. The Morgan fingerprint density at radius 2 is 1.96 bits per heavy atom. The highest BCUT2D eigenvalue weighted by atomic mass is 16.5. The van der Waals surface area contributed by atoms with Gasteiger partial charge in [-0.2, -0.15) is 0 Å². The van der Waals surface area contributed by atoms with Gasteiger partial charge in [0.1, 0.15) is 5.76 Å². The predicted molar refractivity (Wildman–Crippen MR) is 95.7 cm³/mol. The molecule has 5 heteroatoms. The van der Waals surface area contributed by atoms with Gasteiger partial charge in [0, 0.05) is 25.2 Å². The molecule has 1 aliphatic rings. The lowest BCUT2D eigenvalue weighted by Crippen LogP contribution is -2.41. The van der Waals surface area contributed by atoms with Crippen molar-refractivity contribution in [2.24, 2.45) is 0 Å². The van der Waals surface area contributed by atoms with Crippen molar-refractivity contribution in [1.29, 1.82) is 0 Å². The molecular weight excluding hydrogens is 302 g/mol. The van der Waals surface area contributed by atoms with E-state index in [1.165, 1.54) is 0 Å². The molecule has 128 valence electrons. The first-order valence-electron chi connectivity index (χ1n) is 8.47. The zero-order valence-electron chi connectivity index (χ0n) is 15.0. The van der Waals surface area contributed by atoms with Crippen molar-refractivity contribution in [2.75, 3.05) is 23.4 Å². The molecule has 0 radical (unpaired) electrons. The third-order valence-electron chi connectivity index (χ3n) is 5.01. The Morgan fingerprint density at radius 1 is 1.29 bits per heavy atom. The van der Waals surface area contributed by atoms with E-state index in [1.807, 2.05) is 43.9 Å². The molecule has 1 aliphatic heterocycles. The molecular formula is C19H25N3O2. The van der Waals surface area contributed by atoms with Crippen molar-refractivity contribution in [3.8, 4) is 0 Å². The summed E-state index contributed by atoms with van der Waals surface area (Å²) in [5.74, 6) is 0.538. The third-order valence-corrected chi connectivity index (χ3v) is 5.01. The molecule has 5 nitrogen and oxygen atoms in total. The molecule has 24 heavy (non-hydrogen) atoms. The number of para-hydroxylation sites is 2. The molecule has 1 aromatic carbocycles. The van der Waals surface area contributed by atoms with E-state index in [0.29, 0.717) is 0 Å². The largest absolute Gasteiger partial charge is 0.373 e. The van der Waals surface area contributed by atoms with Crippen LogP contribution in [-0.4, -0.2) is 30.7 Å². The molecule has 0 saturated heterocycles. The van der Waals surface area contributed by atoms with Crippen molar-refractivity contribution < 1.29 is 9.32 Å². The Hall–Kier alpha value is -2.30. The fourth-order valence-corrected chi connectivity index (χ4v) is 3.63. The first-order chi connectivity index (χ1) is 11.4. The van der Waals surface area contributed by atoms with E-state index >= 15 is 0 Å². The number of rotatable bonds is 2. The number of aromatic nitrogens is 1. The Balaban J connectivity index is 2.03. The summed E-state index contributed by atoms with van der Waals surface area (Å²) < 4.78 is 5.26. The van der Waals surface area contributed by atoms with Crippen LogP contribution in [0.1, 0.15) is 43.2 Å². The van der Waals surface area contributed by atoms with E-state index in [4.69, 9.17) is 4.52 Å². The van der Waals surface area contributed by atoms with Gasteiger partial charge in [-0.1, -0.05) is 17.3 Å². The second-order valence-electron chi connectivity index (χ2n) is 6.72. The van der Waals surface area contributed by atoms with E-state index in [-0.39, 0.29) is 17.9 Å². The maximum atomic E-state index is 13.4.